The number of aromatic nitrogens is 6. The molecule has 2 atom stereocenters. The van der Waals surface area contributed by atoms with E-state index in [-0.39, 0.29) is 31.6 Å². The van der Waals surface area contributed by atoms with Gasteiger partial charge in [-0.05, 0) is 119 Å². The van der Waals surface area contributed by atoms with Crippen LogP contribution in [0.25, 0.3) is 68.3 Å². The van der Waals surface area contributed by atoms with E-state index < -0.39 is 0 Å². The summed E-state index contributed by atoms with van der Waals surface area (Å²) in [6.45, 7) is 2.37. The van der Waals surface area contributed by atoms with Crippen molar-refractivity contribution in [2.24, 2.45) is 0 Å². The molecule has 8 bridgehead atoms. The van der Waals surface area contributed by atoms with Crippen LogP contribution in [0.4, 0.5) is 11.4 Å². The van der Waals surface area contributed by atoms with Gasteiger partial charge in [0.05, 0.1) is 45.9 Å². The van der Waals surface area contributed by atoms with Crippen molar-refractivity contribution in [3.8, 4) is 34.3 Å². The quantitative estimate of drug-likeness (QED) is 0.0496. The molecule has 11 aromatic rings. The molecule has 0 saturated heterocycles. The summed E-state index contributed by atoms with van der Waals surface area (Å²) in [5.41, 5.74) is 22.3. The molecule has 0 aliphatic carbocycles. The fourth-order valence-electron chi connectivity index (χ4n) is 12.3. The van der Waals surface area contributed by atoms with Crippen molar-refractivity contribution in [2.75, 3.05) is 36.9 Å². The maximum atomic E-state index is 6.30. The van der Waals surface area contributed by atoms with Crippen LogP contribution in [-0.2, 0) is 19.5 Å². The van der Waals surface area contributed by atoms with Crippen LogP contribution < -0.4 is 41.4 Å². The number of imidazole rings is 1. The van der Waals surface area contributed by atoms with Crippen molar-refractivity contribution in [3.05, 3.63) is 316 Å². The zero-order valence-corrected chi connectivity index (χ0v) is 49.6. The Kier molecular flexibility index (Phi) is 15.5. The van der Waals surface area contributed by atoms with E-state index in [1.54, 1.807) is 12.4 Å². The fraction of sp³-hybridized carbons (Fsp3) is 0.0800. The Morgan fingerprint density at radius 1 is 0.420 bits per heavy atom. The Morgan fingerprint density at radius 2 is 0.886 bits per heavy atom. The topological polar surface area (TPSA) is 153 Å². The van der Waals surface area contributed by atoms with Crippen molar-refractivity contribution in [2.45, 2.75) is 12.1 Å². The van der Waals surface area contributed by atoms with Gasteiger partial charge in [-0.25, -0.2) is 4.98 Å². The molecule has 428 valence electrons. The summed E-state index contributed by atoms with van der Waals surface area (Å²) in [5.74, 6) is 2.35. The van der Waals surface area contributed by atoms with Crippen LogP contribution in [0.5, 0.6) is 11.5 Å². The van der Waals surface area contributed by atoms with Gasteiger partial charge in [0.2, 0.25) is 0 Å². The first-order valence-electron chi connectivity index (χ1n) is 29.5. The van der Waals surface area contributed by atoms with E-state index in [2.05, 4.69) is 234 Å². The van der Waals surface area contributed by atoms with E-state index in [1.165, 1.54) is 5.57 Å². The third kappa shape index (κ3) is 11.0. The number of hydrogen-bond donors (Lipinski definition) is 7. The minimum atomic E-state index is -0.118. The van der Waals surface area contributed by atoms with Crippen molar-refractivity contribution in [1.29, 1.82) is 0 Å². The molecular formula is C75H60N10O2Ru+2. The first-order valence-corrected chi connectivity index (χ1v) is 29.5. The van der Waals surface area contributed by atoms with Gasteiger partial charge in [-0.15, -0.1) is 0 Å². The maximum absolute atomic E-state index is 6.30. The van der Waals surface area contributed by atoms with Gasteiger partial charge in [0.1, 0.15) is 30.5 Å². The SMILES string of the molecule is C1=Cc2c(c3c(c4[nH]c(-c5ccc(OCCOc6ccc(/C7=C8\C=CC(N8)/C(c8ccccc8)=c8/cc/c([nH]8)=C(\c8ccccc8)C8C=C/C(=C(\c9ccccc9)c9ccc7[nH]9)N8)cc6)cc5)nc24)C=CCN3)NC1.[Ru+2].c1ccc(-c2ccccn2)nc1. The van der Waals surface area contributed by atoms with Crippen LogP contribution in [-0.4, -0.2) is 68.3 Å². The predicted molar refractivity (Wildman–Crippen MR) is 351 cm³/mol. The van der Waals surface area contributed by atoms with Crippen LogP contribution in [0.2, 0.25) is 0 Å². The number of ether oxygens (including phenoxy) is 2. The molecule has 0 radical (unpaired) electrons. The number of H-pyrrole nitrogens is 3. The van der Waals surface area contributed by atoms with Crippen molar-refractivity contribution in [1.82, 2.24) is 40.5 Å². The number of rotatable bonds is 11. The Morgan fingerprint density at radius 3 is 1.40 bits per heavy atom. The molecular weight excluding hydrogens is 1170 g/mol. The number of nitrogens with one attached hydrogen (secondary N) is 7. The number of allylic oxidation sites excluding steroid dienone is 2. The molecule has 88 heavy (non-hydrogen) atoms. The van der Waals surface area contributed by atoms with E-state index in [0.29, 0.717) is 13.2 Å². The molecule has 7 N–H and O–H groups in total. The van der Waals surface area contributed by atoms with E-state index >= 15 is 0 Å². The first kappa shape index (κ1) is 55.1. The molecule has 0 fully saturated rings. The Bertz CT molecular complexity index is 4570. The second-order valence-corrected chi connectivity index (χ2v) is 21.7. The minimum absolute atomic E-state index is 0. The van der Waals surface area contributed by atoms with Gasteiger partial charge in [0, 0.05) is 97.9 Å². The van der Waals surface area contributed by atoms with Gasteiger partial charge in [-0.2, -0.15) is 0 Å². The van der Waals surface area contributed by atoms with Crippen molar-refractivity contribution in [3.63, 3.8) is 0 Å². The van der Waals surface area contributed by atoms with E-state index in [4.69, 9.17) is 14.5 Å². The van der Waals surface area contributed by atoms with Crippen LogP contribution in [0.1, 0.15) is 44.8 Å². The molecule has 5 aromatic heterocycles. The Hall–Kier alpha value is -10.7. The normalized spacial score (nSPS) is 18.8. The van der Waals surface area contributed by atoms with Gasteiger partial charge in [0.25, 0.3) is 0 Å². The third-order valence-electron chi connectivity index (χ3n) is 16.3. The summed E-state index contributed by atoms with van der Waals surface area (Å²) in [6, 6.07) is 68.7. The molecule has 0 spiro atoms. The number of hydrogen-bond acceptors (Lipinski definition) is 9. The molecule has 13 heteroatoms. The summed E-state index contributed by atoms with van der Waals surface area (Å²) < 4.78 is 12.5. The third-order valence-corrected chi connectivity index (χ3v) is 16.3. The van der Waals surface area contributed by atoms with Gasteiger partial charge >= 0.3 is 19.5 Å². The van der Waals surface area contributed by atoms with Gasteiger partial charge in [0.15, 0.2) is 0 Å². The number of fused-ring (bicyclic) bond motifs is 14. The second-order valence-electron chi connectivity index (χ2n) is 21.7. The fourth-order valence-corrected chi connectivity index (χ4v) is 12.3. The average Bonchev–Trinajstić information content (AvgIpc) is 2.18. The summed E-state index contributed by atoms with van der Waals surface area (Å²) in [5, 5.41) is 17.2. The molecule has 2 unspecified atom stereocenters. The number of anilines is 2. The standard InChI is InChI=1S/C65H52N8O2.C10H8N2.Ru/c1-4-12-40(13-5-1)57-49-28-30-51(68-49)58(41-14-6-2-7-15-41)53-32-34-55(70-53)60(56-35-33-54(71-56)59(42-16-8-3-9-17-42)52-31-29-50(57)69-52)43-20-24-45(25-21-43)74-38-39-75-46-26-22-44(23-27-46)65-72-63-47-18-10-36-66-61(47)62-48(64(63)73-65)19-11-37-67-62;1-3-7-11-9(5-1)10-6-2-4-8-12-10;/h1-35,49,54,66-71H,36-39H2,(H,72,73);1-8H;/q;;+2/b57-50-,58-51-,59-52-,60-56-;;. The van der Waals surface area contributed by atoms with E-state index in [0.717, 1.165) is 153 Å². The zero-order valence-electron chi connectivity index (χ0n) is 47.8. The van der Waals surface area contributed by atoms with Gasteiger partial charge in [-0.3, -0.25) is 9.97 Å². The minimum Gasteiger partial charge on any atom is -0.490 e. The summed E-state index contributed by atoms with van der Waals surface area (Å²) in [7, 11) is 0. The molecule has 5 aliphatic heterocycles. The molecule has 5 aliphatic rings. The molecule has 16 rings (SSSR count). The van der Waals surface area contributed by atoms with Gasteiger partial charge < -0.3 is 45.7 Å². The Balaban J connectivity index is 0.000000467. The average molecular weight is 1230 g/mol. The summed E-state index contributed by atoms with van der Waals surface area (Å²) in [4.78, 5) is 24.9. The van der Waals surface area contributed by atoms with Crippen molar-refractivity contribution < 1.29 is 29.0 Å². The maximum Gasteiger partial charge on any atom is 2.00 e. The zero-order chi connectivity index (χ0) is 57.9. The molecule has 12 nitrogen and oxygen atoms in total. The van der Waals surface area contributed by atoms with Crippen molar-refractivity contribution >= 4 is 56.9 Å². The molecule has 10 heterocycles. The van der Waals surface area contributed by atoms with Crippen LogP contribution in [0.15, 0.2) is 260 Å². The largest absolute Gasteiger partial charge is 2.00 e. The number of aromatic amines is 3. The number of pyridine rings is 2. The molecule has 6 aromatic carbocycles. The monoisotopic (exact) mass is 1230 g/mol. The van der Waals surface area contributed by atoms with Crippen LogP contribution >= 0.6 is 0 Å². The summed E-state index contributed by atoms with van der Waals surface area (Å²) >= 11 is 0. The second kappa shape index (κ2) is 24.7. The van der Waals surface area contributed by atoms with E-state index in [9.17, 15) is 0 Å². The number of nitrogens with zero attached hydrogens (tertiary/aromatic N) is 3. The Labute approximate surface area is 522 Å². The molecule has 0 amide bonds. The van der Waals surface area contributed by atoms with E-state index in [1.807, 2.05) is 60.7 Å². The molecule has 0 saturated carbocycles. The predicted octanol–water partition coefficient (Wildman–Crippen LogP) is 13.0. The number of benzene rings is 6. The van der Waals surface area contributed by atoms with Crippen LogP contribution in [0, 0.1) is 0 Å². The smallest absolute Gasteiger partial charge is 0.490 e. The summed E-state index contributed by atoms with van der Waals surface area (Å²) in [6.07, 6.45) is 21.2. The first-order chi connectivity index (χ1) is 43.1. The van der Waals surface area contributed by atoms with Crippen LogP contribution in [0.3, 0.4) is 0 Å². The van der Waals surface area contributed by atoms with Gasteiger partial charge in [-0.1, -0.05) is 152 Å².